The average molecular weight is 724 g/mol. The van der Waals surface area contributed by atoms with Crippen LogP contribution in [0.3, 0.4) is 0 Å². The molecule has 49 heavy (non-hydrogen) atoms. The van der Waals surface area contributed by atoms with Crippen LogP contribution < -0.4 is 0 Å². The number of hydrogen-bond donors (Lipinski definition) is 0. The predicted octanol–water partition coefficient (Wildman–Crippen LogP) is 6.38. The highest BCUT2D eigenvalue weighted by molar-refractivity contribution is 7.92. The van der Waals surface area contributed by atoms with Gasteiger partial charge in [0.25, 0.3) is 5.60 Å². The predicted molar refractivity (Wildman–Crippen MR) is 157 cm³/mol. The fourth-order valence-corrected chi connectivity index (χ4v) is 8.26. The molecule has 0 saturated carbocycles. The van der Waals surface area contributed by atoms with Crippen molar-refractivity contribution >= 4 is 15.9 Å². The number of ether oxygens (including phenoxy) is 1. The smallest absolute Gasteiger partial charge is 0.349 e. The van der Waals surface area contributed by atoms with Gasteiger partial charge in [-0.2, -0.15) is 26.3 Å². The Labute approximate surface area is 275 Å². The number of benzene rings is 3. The molecule has 0 aromatic heterocycles. The number of halogens is 9. The molecule has 7 nitrogen and oxygen atoms in total. The van der Waals surface area contributed by atoms with Crippen molar-refractivity contribution in [3.05, 3.63) is 101 Å². The third kappa shape index (κ3) is 6.47. The molecule has 2 saturated heterocycles. The number of sulfone groups is 1. The van der Waals surface area contributed by atoms with E-state index in [1.165, 1.54) is 9.80 Å². The van der Waals surface area contributed by atoms with E-state index in [4.69, 9.17) is 0 Å². The number of carbonyl (C=O) groups is 1. The molecule has 1 unspecified atom stereocenters. The van der Waals surface area contributed by atoms with E-state index in [1.807, 2.05) is 11.9 Å². The molecule has 0 radical (unpaired) electrons. The second-order valence-electron chi connectivity index (χ2n) is 11.9. The molecule has 17 heteroatoms. The van der Waals surface area contributed by atoms with Crippen molar-refractivity contribution < 1.29 is 57.5 Å². The van der Waals surface area contributed by atoms with Gasteiger partial charge >= 0.3 is 18.4 Å². The van der Waals surface area contributed by atoms with Gasteiger partial charge in [0, 0.05) is 50.4 Å². The third-order valence-electron chi connectivity index (χ3n) is 9.03. The molecule has 5 rings (SSSR count). The Morgan fingerprint density at radius 1 is 0.776 bits per heavy atom. The Balaban J connectivity index is 1.58. The number of hydrogen-bond acceptors (Lipinski definition) is 5. The lowest BCUT2D eigenvalue weighted by molar-refractivity contribution is -0.392. The summed E-state index contributed by atoms with van der Waals surface area (Å²) in [4.78, 5) is 17.8. The zero-order chi connectivity index (χ0) is 36.0. The number of alkyl halides is 6. The molecule has 0 spiro atoms. The van der Waals surface area contributed by atoms with Crippen LogP contribution in [0.15, 0.2) is 71.6 Å². The van der Waals surface area contributed by atoms with Gasteiger partial charge in [0.2, 0.25) is 0 Å². The molecule has 0 aliphatic carbocycles. The van der Waals surface area contributed by atoms with Gasteiger partial charge in [-0.25, -0.2) is 26.4 Å². The van der Waals surface area contributed by atoms with Gasteiger partial charge in [0.05, 0.1) is 11.5 Å². The molecule has 3 aromatic rings. The summed E-state index contributed by atoms with van der Waals surface area (Å²) in [7, 11) is -2.73. The largest absolute Gasteiger partial charge is 0.430 e. The van der Waals surface area contributed by atoms with Crippen molar-refractivity contribution in [1.29, 1.82) is 0 Å². The van der Waals surface area contributed by atoms with Gasteiger partial charge in [-0.05, 0) is 55.4 Å². The molecule has 3 aromatic carbocycles. The topological polar surface area (TPSA) is 70.2 Å². The first-order valence-electron chi connectivity index (χ1n) is 14.9. The minimum absolute atomic E-state index is 0.125. The minimum Gasteiger partial charge on any atom is -0.349 e. The first-order chi connectivity index (χ1) is 22.8. The Hall–Kier alpha value is -3.83. The van der Waals surface area contributed by atoms with E-state index in [0.29, 0.717) is 50.4 Å². The van der Waals surface area contributed by atoms with Crippen LogP contribution in [-0.2, 0) is 31.5 Å². The summed E-state index contributed by atoms with van der Waals surface area (Å²) in [6, 6.07) is 7.65. The number of rotatable bonds is 7. The number of carbonyl (C=O) groups excluding carboxylic acids is 1. The number of nitrogens with zero attached hydrogens (tertiary/aromatic N) is 3. The summed E-state index contributed by atoms with van der Waals surface area (Å²) in [5.74, 6) is -3.63. The maximum atomic E-state index is 14.5. The summed E-state index contributed by atoms with van der Waals surface area (Å²) in [6.45, 7) is -0.620. The normalized spacial score (nSPS) is 19.8. The van der Waals surface area contributed by atoms with Crippen molar-refractivity contribution in [3.8, 4) is 0 Å². The molecule has 2 aliphatic rings. The van der Waals surface area contributed by atoms with E-state index in [2.05, 4.69) is 4.74 Å². The molecule has 2 aliphatic heterocycles. The van der Waals surface area contributed by atoms with Gasteiger partial charge in [0.1, 0.15) is 22.2 Å². The van der Waals surface area contributed by atoms with E-state index in [0.717, 1.165) is 42.5 Å². The molecule has 1 atom stereocenters. The summed E-state index contributed by atoms with van der Waals surface area (Å²) in [5, 5.41) is 0. The van der Waals surface area contributed by atoms with Crippen molar-refractivity contribution in [2.24, 2.45) is 0 Å². The summed E-state index contributed by atoms with van der Waals surface area (Å²) in [5.41, 5.74) is -8.04. The van der Waals surface area contributed by atoms with E-state index in [1.54, 1.807) is 0 Å². The number of piperazine rings is 1. The van der Waals surface area contributed by atoms with Gasteiger partial charge in [0.15, 0.2) is 9.84 Å². The maximum Gasteiger partial charge on any atom is 0.430 e. The lowest BCUT2D eigenvalue weighted by Crippen LogP contribution is -2.56. The van der Waals surface area contributed by atoms with Crippen LogP contribution in [0.1, 0.15) is 23.1 Å². The first-order valence-corrected chi connectivity index (χ1v) is 16.4. The first kappa shape index (κ1) is 36.5. The Morgan fingerprint density at radius 2 is 1.33 bits per heavy atom. The van der Waals surface area contributed by atoms with Gasteiger partial charge in [-0.15, -0.1) is 0 Å². The summed E-state index contributed by atoms with van der Waals surface area (Å²) in [6.07, 6.45) is -12.7. The van der Waals surface area contributed by atoms with Crippen LogP contribution in [0.2, 0.25) is 0 Å². The minimum atomic E-state index is -6.22. The second-order valence-corrected chi connectivity index (χ2v) is 14.2. The second kappa shape index (κ2) is 13.1. The van der Waals surface area contributed by atoms with E-state index in [9.17, 15) is 52.7 Å². The van der Waals surface area contributed by atoms with Crippen LogP contribution in [0.25, 0.3) is 0 Å². The zero-order valence-corrected chi connectivity index (χ0v) is 26.6. The SMILES string of the molecule is CN1CCN(C(=O)N2CCC(c3ccc(C(OCc4c(F)cccc4F)(C(F)(F)F)C(F)(F)F)cc3)(S(=O)(=O)c3ccc(F)cc3)C2)CC1. The van der Waals surface area contributed by atoms with Gasteiger partial charge in [-0.3, -0.25) is 0 Å². The summed E-state index contributed by atoms with van der Waals surface area (Å²) < 4.78 is 160. The van der Waals surface area contributed by atoms with Crippen molar-refractivity contribution in [1.82, 2.24) is 14.7 Å². The molecule has 2 fully saturated rings. The lowest BCUT2D eigenvalue weighted by atomic mass is 9.88. The van der Waals surface area contributed by atoms with Crippen LogP contribution >= 0.6 is 0 Å². The molecular formula is C32H30F9N3O4S. The zero-order valence-electron chi connectivity index (χ0n) is 25.8. The van der Waals surface area contributed by atoms with E-state index < -0.39 is 80.3 Å². The Kier molecular flexibility index (Phi) is 9.77. The van der Waals surface area contributed by atoms with Crippen LogP contribution in [0.4, 0.5) is 44.3 Å². The van der Waals surface area contributed by atoms with Crippen LogP contribution in [0, 0.1) is 17.5 Å². The maximum absolute atomic E-state index is 14.5. The molecule has 266 valence electrons. The highest BCUT2D eigenvalue weighted by atomic mass is 32.2. The van der Waals surface area contributed by atoms with Gasteiger partial charge < -0.3 is 19.4 Å². The Bertz CT molecular complexity index is 1740. The van der Waals surface area contributed by atoms with Crippen LogP contribution in [0.5, 0.6) is 0 Å². The third-order valence-corrected chi connectivity index (χ3v) is 11.5. The van der Waals surface area contributed by atoms with Crippen LogP contribution in [-0.4, -0.2) is 87.8 Å². The summed E-state index contributed by atoms with van der Waals surface area (Å²) >= 11 is 0. The molecule has 0 N–H and O–H groups in total. The highest BCUT2D eigenvalue weighted by Crippen LogP contribution is 2.54. The molecule has 0 bridgehead atoms. The Morgan fingerprint density at radius 3 is 1.86 bits per heavy atom. The molecule has 2 heterocycles. The monoisotopic (exact) mass is 723 g/mol. The standard InChI is InChI=1S/C32H30F9N3O4S/c1-42-15-17-43(18-16-42)28(45)44-14-13-29(20-44,49(46,47)24-11-9-23(33)10-12-24)21-5-7-22(8-6-21)30(31(36,37)38,32(39,40)41)48-19-25-26(34)3-2-4-27(25)35/h2-12H,13-20H2,1H3. The van der Waals surface area contributed by atoms with Gasteiger partial charge in [-0.1, -0.05) is 30.3 Å². The molecule has 2 amide bonds. The highest BCUT2D eigenvalue weighted by Gasteiger charge is 2.73. The van der Waals surface area contributed by atoms with E-state index >= 15 is 0 Å². The average Bonchev–Trinajstić information content (AvgIpc) is 3.49. The number of likely N-dealkylation sites (tertiary alicyclic amines) is 1. The fourth-order valence-electron chi connectivity index (χ4n) is 6.19. The fraction of sp³-hybridized carbons (Fsp3) is 0.406. The van der Waals surface area contributed by atoms with Crippen molar-refractivity contribution in [3.63, 3.8) is 0 Å². The number of likely N-dealkylation sites (N-methyl/N-ethyl adjacent to an activating group) is 1. The van der Waals surface area contributed by atoms with E-state index in [-0.39, 0.29) is 23.4 Å². The molecular weight excluding hydrogens is 693 g/mol. The van der Waals surface area contributed by atoms with Crippen molar-refractivity contribution in [2.45, 2.75) is 40.6 Å². The van der Waals surface area contributed by atoms with Crippen molar-refractivity contribution in [2.75, 3.05) is 46.3 Å². The quantitative estimate of drug-likeness (QED) is 0.209. The number of urea groups is 1. The lowest BCUT2D eigenvalue weighted by Gasteiger charge is -2.38. The number of amides is 2.